The molecule has 0 unspecified atom stereocenters. The minimum Gasteiger partial charge on any atom is -0.368 e. The van der Waals surface area contributed by atoms with E-state index >= 15 is 0 Å². The molecule has 0 saturated carbocycles. The van der Waals surface area contributed by atoms with Crippen molar-refractivity contribution in [3.05, 3.63) is 36.4 Å². The molecule has 2 saturated heterocycles. The number of anilines is 1. The first-order chi connectivity index (χ1) is 12.9. The predicted molar refractivity (Wildman–Crippen MR) is 97.2 cm³/mol. The third-order valence-corrected chi connectivity index (χ3v) is 5.40. The molecule has 2 aromatic rings. The van der Waals surface area contributed by atoms with Gasteiger partial charge in [-0.25, -0.2) is 13.5 Å². The molecule has 0 aromatic carbocycles. The van der Waals surface area contributed by atoms with Crippen molar-refractivity contribution < 1.29 is 13.6 Å². The summed E-state index contributed by atoms with van der Waals surface area (Å²) in [6, 6.07) is 1.92. The quantitative estimate of drug-likeness (QED) is 0.828. The van der Waals surface area contributed by atoms with Crippen LogP contribution in [0.5, 0.6) is 0 Å². The maximum absolute atomic E-state index is 13.4. The zero-order valence-electron chi connectivity index (χ0n) is 15.3. The van der Waals surface area contributed by atoms with E-state index in [1.54, 1.807) is 12.4 Å². The van der Waals surface area contributed by atoms with Gasteiger partial charge in [0, 0.05) is 44.4 Å². The molecule has 1 amide bonds. The molecule has 0 radical (unpaired) electrons. The number of rotatable bonds is 3. The van der Waals surface area contributed by atoms with Crippen LogP contribution in [0.2, 0.25) is 0 Å². The van der Waals surface area contributed by atoms with E-state index in [4.69, 9.17) is 0 Å². The zero-order valence-corrected chi connectivity index (χ0v) is 15.3. The van der Waals surface area contributed by atoms with Crippen molar-refractivity contribution in [2.24, 2.45) is 5.92 Å². The normalized spacial score (nSPS) is 20.3. The Hall–Kier alpha value is -2.51. The number of nitrogens with zero attached hydrogens (tertiary/aromatic N) is 5. The Morgan fingerprint density at radius 3 is 2.59 bits per heavy atom. The summed E-state index contributed by atoms with van der Waals surface area (Å²) in [4.78, 5) is 20.3. The lowest BCUT2D eigenvalue weighted by Crippen LogP contribution is -2.42. The summed E-state index contributed by atoms with van der Waals surface area (Å²) >= 11 is 0. The van der Waals surface area contributed by atoms with Crippen LogP contribution in [-0.2, 0) is 4.79 Å². The van der Waals surface area contributed by atoms with Crippen LogP contribution in [0.4, 0.5) is 14.5 Å². The molecule has 0 N–H and O–H groups in total. The number of carbonyl (C=O) groups excluding carboxylic acids is 1. The van der Waals surface area contributed by atoms with E-state index in [1.165, 1.54) is 4.90 Å². The molecule has 8 heteroatoms. The van der Waals surface area contributed by atoms with Crippen molar-refractivity contribution in [1.82, 2.24) is 19.7 Å². The van der Waals surface area contributed by atoms with Crippen molar-refractivity contribution in [3.63, 3.8) is 0 Å². The second-order valence-corrected chi connectivity index (χ2v) is 7.45. The van der Waals surface area contributed by atoms with Gasteiger partial charge in [0.2, 0.25) is 5.91 Å². The Balaban J connectivity index is 1.44. The second kappa shape index (κ2) is 6.90. The summed E-state index contributed by atoms with van der Waals surface area (Å²) in [7, 11) is 0. The molecular weight excluding hydrogens is 352 g/mol. The topological polar surface area (TPSA) is 54.3 Å². The predicted octanol–water partition coefficient (Wildman–Crippen LogP) is 2.66. The molecule has 2 aromatic heterocycles. The van der Waals surface area contributed by atoms with E-state index in [1.807, 2.05) is 30.1 Å². The summed E-state index contributed by atoms with van der Waals surface area (Å²) in [6.07, 6.45) is 8.42. The number of aryl methyl sites for hydroxylation is 1. The first-order valence-electron chi connectivity index (χ1n) is 9.30. The number of hydrogen-bond acceptors (Lipinski definition) is 4. The SMILES string of the molecule is Cc1cnn(-c2ccncc2N2CCC(C(=O)N3CCC(F)(F)C3)CC2)c1. The molecule has 2 aliphatic heterocycles. The molecule has 0 aliphatic carbocycles. The van der Waals surface area contributed by atoms with E-state index in [0.717, 1.165) is 16.9 Å². The number of piperidine rings is 1. The van der Waals surface area contributed by atoms with Gasteiger partial charge in [-0.15, -0.1) is 0 Å². The summed E-state index contributed by atoms with van der Waals surface area (Å²) in [5, 5.41) is 4.38. The molecule has 2 fully saturated rings. The van der Waals surface area contributed by atoms with Crippen molar-refractivity contribution >= 4 is 11.6 Å². The van der Waals surface area contributed by atoms with Gasteiger partial charge in [-0.05, 0) is 31.4 Å². The van der Waals surface area contributed by atoms with Gasteiger partial charge in [0.05, 0.1) is 30.3 Å². The summed E-state index contributed by atoms with van der Waals surface area (Å²) in [5.41, 5.74) is 2.99. The fourth-order valence-electron chi connectivity index (χ4n) is 3.91. The maximum Gasteiger partial charge on any atom is 0.267 e. The monoisotopic (exact) mass is 375 g/mol. The average Bonchev–Trinajstić information content (AvgIpc) is 3.26. The number of hydrogen-bond donors (Lipinski definition) is 0. The number of carbonyl (C=O) groups is 1. The lowest BCUT2D eigenvalue weighted by Gasteiger charge is -2.35. The van der Waals surface area contributed by atoms with Gasteiger partial charge in [0.25, 0.3) is 5.92 Å². The van der Waals surface area contributed by atoms with E-state index in [2.05, 4.69) is 15.0 Å². The Kier molecular flexibility index (Phi) is 4.57. The second-order valence-electron chi connectivity index (χ2n) is 7.45. The largest absolute Gasteiger partial charge is 0.368 e. The van der Waals surface area contributed by atoms with E-state index in [9.17, 15) is 13.6 Å². The Morgan fingerprint density at radius 1 is 1.19 bits per heavy atom. The van der Waals surface area contributed by atoms with Crippen molar-refractivity contribution in [3.8, 4) is 5.69 Å². The van der Waals surface area contributed by atoms with Gasteiger partial charge >= 0.3 is 0 Å². The van der Waals surface area contributed by atoms with E-state index in [-0.39, 0.29) is 24.8 Å². The molecule has 4 heterocycles. The lowest BCUT2D eigenvalue weighted by atomic mass is 9.95. The number of alkyl halides is 2. The standard InChI is InChI=1S/C19H23F2N5O/c1-14-10-23-26(12-14)16-2-6-22-11-17(16)24-7-3-15(4-8-24)18(27)25-9-5-19(20,21)13-25/h2,6,10-12,15H,3-5,7-9,13H2,1H3. The summed E-state index contributed by atoms with van der Waals surface area (Å²) < 4.78 is 28.6. The third-order valence-electron chi connectivity index (χ3n) is 5.40. The maximum atomic E-state index is 13.4. The van der Waals surface area contributed by atoms with E-state index < -0.39 is 12.5 Å². The van der Waals surface area contributed by atoms with Crippen LogP contribution in [0.3, 0.4) is 0 Å². The Bertz CT molecular complexity index is 829. The van der Waals surface area contributed by atoms with Crippen LogP contribution in [0.1, 0.15) is 24.8 Å². The average molecular weight is 375 g/mol. The van der Waals surface area contributed by atoms with Gasteiger partial charge in [-0.3, -0.25) is 9.78 Å². The van der Waals surface area contributed by atoms with E-state index in [0.29, 0.717) is 25.9 Å². The molecule has 0 spiro atoms. The van der Waals surface area contributed by atoms with Crippen LogP contribution >= 0.6 is 0 Å². The number of amides is 1. The van der Waals surface area contributed by atoms with Crippen molar-refractivity contribution in [2.75, 3.05) is 31.1 Å². The zero-order chi connectivity index (χ0) is 19.0. The first kappa shape index (κ1) is 17.9. The number of pyridine rings is 1. The molecule has 0 bridgehead atoms. The molecule has 2 aliphatic rings. The molecule has 0 atom stereocenters. The smallest absolute Gasteiger partial charge is 0.267 e. The van der Waals surface area contributed by atoms with Gasteiger partial charge in [0.15, 0.2) is 0 Å². The van der Waals surface area contributed by atoms with Gasteiger partial charge < -0.3 is 9.80 Å². The van der Waals surface area contributed by atoms with Gasteiger partial charge in [-0.1, -0.05) is 0 Å². The number of likely N-dealkylation sites (tertiary alicyclic amines) is 1. The molecule has 144 valence electrons. The van der Waals surface area contributed by atoms with Crippen LogP contribution in [0.25, 0.3) is 5.69 Å². The van der Waals surface area contributed by atoms with Gasteiger partial charge in [-0.2, -0.15) is 5.10 Å². The van der Waals surface area contributed by atoms with Crippen LogP contribution in [0.15, 0.2) is 30.9 Å². The molecule has 4 rings (SSSR count). The molecular formula is C19H23F2N5O. The highest BCUT2D eigenvalue weighted by Gasteiger charge is 2.42. The minimum absolute atomic E-state index is 0.124. The first-order valence-corrected chi connectivity index (χ1v) is 9.30. The summed E-state index contributed by atoms with van der Waals surface area (Å²) in [6.45, 7) is 3.11. The third kappa shape index (κ3) is 3.65. The Labute approximate surface area is 156 Å². The number of aromatic nitrogens is 3. The summed E-state index contributed by atoms with van der Waals surface area (Å²) in [5.74, 6) is -3.04. The van der Waals surface area contributed by atoms with Crippen LogP contribution in [-0.4, -0.2) is 57.7 Å². The molecule has 27 heavy (non-hydrogen) atoms. The van der Waals surface area contributed by atoms with Crippen LogP contribution in [0, 0.1) is 12.8 Å². The number of halogens is 2. The fourth-order valence-corrected chi connectivity index (χ4v) is 3.91. The van der Waals surface area contributed by atoms with Gasteiger partial charge in [0.1, 0.15) is 0 Å². The minimum atomic E-state index is -2.73. The highest BCUT2D eigenvalue weighted by atomic mass is 19.3. The van der Waals surface area contributed by atoms with Crippen molar-refractivity contribution in [1.29, 1.82) is 0 Å². The molecule has 6 nitrogen and oxygen atoms in total. The highest BCUT2D eigenvalue weighted by molar-refractivity contribution is 5.79. The Morgan fingerprint density at radius 2 is 1.96 bits per heavy atom. The van der Waals surface area contributed by atoms with Crippen LogP contribution < -0.4 is 4.90 Å². The highest BCUT2D eigenvalue weighted by Crippen LogP contribution is 2.32. The lowest BCUT2D eigenvalue weighted by molar-refractivity contribution is -0.136. The van der Waals surface area contributed by atoms with Crippen molar-refractivity contribution in [2.45, 2.75) is 32.1 Å². The fraction of sp³-hybridized carbons (Fsp3) is 0.526.